The molecule has 1 fully saturated rings. The van der Waals surface area contributed by atoms with Crippen molar-refractivity contribution >= 4 is 111 Å². The number of nitrogens with zero attached hydrogens (tertiary/aromatic N) is 1. The quantitative estimate of drug-likeness (QED) is 0.0151. The number of carbonyl (C=O) groups excluding carboxylic acids is 15. The lowest BCUT2D eigenvalue weighted by molar-refractivity contribution is -0.143. The molecule has 6 rings (SSSR count). The normalized spacial score (nSPS) is 15.8. The Morgan fingerprint density at radius 1 is 0.420 bits per heavy atom. The van der Waals surface area contributed by atoms with E-state index in [0.717, 1.165) is 39.5 Å². The molecule has 42 nitrogen and oxygen atoms in total. The molecule has 5 aromatic rings. The highest BCUT2D eigenvalue weighted by atomic mass is 16.4. The molecule has 1 saturated heterocycles. The first-order chi connectivity index (χ1) is 67.7. The number of nitrogens with two attached hydrogens (primary N) is 2. The van der Waals surface area contributed by atoms with Crippen LogP contribution >= 0.6 is 0 Å². The number of aromatic hydroxyl groups is 3. The summed E-state index contributed by atoms with van der Waals surface area (Å²) in [5.74, 6) is -18.2. The van der Waals surface area contributed by atoms with Crippen LogP contribution < -0.4 is 85.9 Å². The minimum absolute atomic E-state index is 0.0140. The second-order valence-corrected chi connectivity index (χ2v) is 38.3. The lowest BCUT2D eigenvalue weighted by Gasteiger charge is -2.32. The zero-order valence-corrected chi connectivity index (χ0v) is 83.7. The Morgan fingerprint density at radius 3 is 1.29 bits per heavy atom. The second-order valence-electron chi connectivity index (χ2n) is 38.3. The van der Waals surface area contributed by atoms with E-state index in [2.05, 4.69) is 86.3 Å². The molecule has 27 N–H and O–H groups in total. The Morgan fingerprint density at radius 2 is 0.811 bits per heavy atom. The number of carboxylic acid groups (broad SMARTS) is 1. The van der Waals surface area contributed by atoms with Gasteiger partial charge in [-0.05, 0) is 155 Å². The monoisotopic (exact) mass is 2000 g/mol. The molecule has 0 aliphatic carbocycles. The van der Waals surface area contributed by atoms with E-state index in [0.29, 0.717) is 34.9 Å². The zero-order valence-electron chi connectivity index (χ0n) is 83.7. The number of aliphatic hydroxyl groups is 3. The van der Waals surface area contributed by atoms with Gasteiger partial charge in [-0.1, -0.05) is 180 Å². The van der Waals surface area contributed by atoms with E-state index in [-0.39, 0.29) is 111 Å². The number of phenols is 3. The standard InChI is InChI=1S/C101H151N19O23/c1-12-13-14-15-16-17-18-19-20-21-22-23-24-33-81(127)116-83(58(6)7)96(139)119-86(62(11)123)99(142)115-79(49-57(4)5)100(143)120-47-28-32-80(120)95(138)112-74(48-56(2)3)91(134)110-77(53-66-55-106-71-30-26-25-29-70(66)71)90(133)107-59(8)88(131)117-84(60(9)121)97(140)114-76(52-65-38-44-69(126)45-39-65)94(137)118-85(61(10)122)98(141)113-75(51-64-36-42-68(125)43-37-64)92(135)108-72(31-27-46-105-101(103)104)89(132)111-78(54-82(128)129)93(136)109-73(87(102)130)50-63-34-40-67(124)41-35-63/h25-26,29-30,34-45,55-62,72-80,83-86,106,121-126H,12-24,27-28,31-33,46-54H2,1-11H3,(H2,102,130)(H,107,133)(H,108,135)(H,109,136)(H,110,134)(H,111,132)(H,112,138)(H,113,141)(H,114,140)(H,115,142)(H,116,127)(H,117,131)(H,118,137)(H,119,139)(H,128,129)(H4,103,104,105)/t59-,60+,61+,62+,72-,73-,74-,75-,76-,77-,78-,79-,80-,83-,84-,85-,86-/m0/s1. The van der Waals surface area contributed by atoms with Crippen LogP contribution in [0, 0.1) is 23.2 Å². The number of rotatable bonds is 63. The molecule has 15 amide bonds. The number of likely N-dealkylation sites (tertiary alicyclic amines) is 1. The summed E-state index contributed by atoms with van der Waals surface area (Å²) in [5.41, 5.74) is 13.2. The van der Waals surface area contributed by atoms with Gasteiger partial charge in [-0.15, -0.1) is 0 Å². The van der Waals surface area contributed by atoms with Crippen molar-refractivity contribution in [3.8, 4) is 17.2 Å². The number of phenolic OH excluding ortho intramolecular Hbond substituents is 3. The maximum atomic E-state index is 15.0. The number of carbonyl (C=O) groups is 16. The first kappa shape index (κ1) is 118. The van der Waals surface area contributed by atoms with Crippen LogP contribution in [0.5, 0.6) is 17.2 Å². The van der Waals surface area contributed by atoms with Crippen molar-refractivity contribution in [1.82, 2.24) is 84.3 Å². The van der Waals surface area contributed by atoms with Gasteiger partial charge in [0.15, 0.2) is 5.96 Å². The minimum atomic E-state index is -2.04. The van der Waals surface area contributed by atoms with Crippen LogP contribution in [-0.4, -0.2) is 262 Å². The summed E-state index contributed by atoms with van der Waals surface area (Å²) < 4.78 is 0. The molecule has 1 aliphatic rings. The van der Waals surface area contributed by atoms with E-state index >= 15 is 4.79 Å². The zero-order chi connectivity index (χ0) is 106. The van der Waals surface area contributed by atoms with Crippen molar-refractivity contribution in [2.75, 3.05) is 13.1 Å². The molecule has 1 aliphatic heterocycles. The summed E-state index contributed by atoms with van der Waals surface area (Å²) >= 11 is 0. The third-order valence-electron chi connectivity index (χ3n) is 24.6. The second kappa shape index (κ2) is 60.0. The van der Waals surface area contributed by atoms with Gasteiger partial charge in [0.2, 0.25) is 88.6 Å². The summed E-state index contributed by atoms with van der Waals surface area (Å²) in [6.45, 7) is 17.5. The Labute approximate surface area is 834 Å². The largest absolute Gasteiger partial charge is 0.508 e. The number of aromatic nitrogens is 1. The maximum Gasteiger partial charge on any atom is 0.305 e. The summed E-state index contributed by atoms with van der Waals surface area (Å²) in [4.78, 5) is 233. The van der Waals surface area contributed by atoms with Gasteiger partial charge in [0.25, 0.3) is 0 Å². The number of benzene rings is 4. The lowest BCUT2D eigenvalue weighted by atomic mass is 9.99. The van der Waals surface area contributed by atoms with Gasteiger partial charge in [-0.2, -0.15) is 0 Å². The maximum absolute atomic E-state index is 15.0. The number of aliphatic hydroxyl groups excluding tert-OH is 3. The van der Waals surface area contributed by atoms with Crippen LogP contribution in [-0.2, 0) is 102 Å². The molecule has 0 bridgehead atoms. The predicted octanol–water partition coefficient (Wildman–Crippen LogP) is 2.46. The molecule has 42 heteroatoms. The highest BCUT2D eigenvalue weighted by Gasteiger charge is 2.44. The molecule has 4 aromatic carbocycles. The van der Waals surface area contributed by atoms with E-state index in [4.69, 9.17) is 16.9 Å². The fraction of sp³-hybridized carbons (Fsp3) is 0.574. The van der Waals surface area contributed by atoms with Crippen LogP contribution in [0.3, 0.4) is 0 Å². The number of unbranched alkanes of at least 4 members (excludes halogenated alkanes) is 12. The Hall–Kier alpha value is -13.5. The summed E-state index contributed by atoms with van der Waals surface area (Å²) in [7, 11) is 0. The van der Waals surface area contributed by atoms with E-state index in [1.807, 2.05) is 13.8 Å². The van der Waals surface area contributed by atoms with Gasteiger partial charge >= 0.3 is 5.97 Å². The van der Waals surface area contributed by atoms with E-state index in [1.54, 1.807) is 58.2 Å². The molecular formula is C101H151N19O23. The molecule has 788 valence electrons. The van der Waals surface area contributed by atoms with E-state index in [9.17, 15) is 108 Å². The number of hydrogen-bond donors (Lipinski definition) is 25. The average Bonchev–Trinajstić information content (AvgIpc) is 1.70. The number of H-pyrrole nitrogens is 1. The van der Waals surface area contributed by atoms with Crippen molar-refractivity contribution in [2.45, 2.75) is 340 Å². The van der Waals surface area contributed by atoms with Gasteiger partial charge in [0.1, 0.15) is 102 Å². The van der Waals surface area contributed by atoms with E-state index in [1.165, 1.54) is 143 Å². The highest BCUT2D eigenvalue weighted by molar-refractivity contribution is 6.02. The van der Waals surface area contributed by atoms with Gasteiger partial charge in [0, 0.05) is 62.3 Å². The summed E-state index contributed by atoms with van der Waals surface area (Å²) in [6, 6.07) is 0.554. The first-order valence-electron chi connectivity index (χ1n) is 49.5. The number of hydrogen-bond acceptors (Lipinski definition) is 23. The number of nitrogens with one attached hydrogen (secondary N) is 16. The van der Waals surface area contributed by atoms with Crippen LogP contribution in [0.15, 0.2) is 103 Å². The number of aliphatic carboxylic acids is 1. The molecule has 143 heavy (non-hydrogen) atoms. The fourth-order valence-corrected chi connectivity index (χ4v) is 16.7. The average molecular weight is 2000 g/mol. The molecule has 17 atom stereocenters. The number of para-hydroxylation sites is 1. The van der Waals surface area contributed by atoms with Crippen molar-refractivity contribution in [3.05, 3.63) is 126 Å². The van der Waals surface area contributed by atoms with Crippen molar-refractivity contribution in [2.24, 2.45) is 29.2 Å². The molecule has 0 radical (unpaired) electrons. The van der Waals surface area contributed by atoms with Crippen LogP contribution in [0.2, 0.25) is 0 Å². The first-order valence-corrected chi connectivity index (χ1v) is 49.5. The molecule has 1 aromatic heterocycles. The van der Waals surface area contributed by atoms with Gasteiger partial charge in [-0.25, -0.2) is 0 Å². The number of guanidine groups is 1. The summed E-state index contributed by atoms with van der Waals surface area (Å²) in [6.07, 6.45) is 8.99. The Bertz CT molecular complexity index is 5030. The Balaban J connectivity index is 1.18. The van der Waals surface area contributed by atoms with Crippen LogP contribution in [0.1, 0.15) is 233 Å². The molecule has 0 spiro atoms. The highest BCUT2D eigenvalue weighted by Crippen LogP contribution is 2.26. The molecule has 0 unspecified atom stereocenters. The van der Waals surface area contributed by atoms with Crippen LogP contribution in [0.4, 0.5) is 0 Å². The SMILES string of the molecule is CCCCCCCCCCCCCCCC(=O)N[C@H](C(=O)N[C@H](C(=O)N[C@@H](CC(C)C)C(=O)N1CCC[C@H]1C(=O)N[C@@H](CC(C)C)C(=O)N[C@@H](Cc1c[nH]c2ccccc12)C(=O)N[C@@H](C)C(=O)N[C@H](C(=O)N[C@@H](Cc1ccc(O)cc1)C(=O)N[C@H](C(=O)N[C@@H](Cc1ccc(O)cc1)C(=O)N[C@@H](CCCNC(=N)N)C(=O)N[C@@H](CC(=O)O)C(=O)N[C@@H](Cc1ccc(O)cc1)C(N)=O)[C@@H](C)O)[C@@H](C)O)[C@@H](C)O)C(C)C. The van der Waals surface area contributed by atoms with Gasteiger partial charge in [0.05, 0.1) is 24.7 Å². The lowest BCUT2D eigenvalue weighted by Crippen LogP contribution is -2.63. The fourth-order valence-electron chi connectivity index (χ4n) is 16.7. The third-order valence-corrected chi connectivity index (χ3v) is 24.6. The number of primary amides is 1. The molecule has 0 saturated carbocycles. The van der Waals surface area contributed by atoms with E-state index < -0.39 is 223 Å². The minimum Gasteiger partial charge on any atom is -0.508 e. The molecular weight excluding hydrogens is 1850 g/mol. The summed E-state index contributed by atoms with van der Waals surface area (Å²) in [5, 5.41) is 118. The topological polar surface area (TPSA) is 678 Å². The third kappa shape index (κ3) is 40.8. The van der Waals surface area contributed by atoms with Crippen molar-refractivity contribution in [1.29, 1.82) is 5.41 Å². The van der Waals surface area contributed by atoms with Crippen LogP contribution in [0.25, 0.3) is 10.9 Å². The molecule has 2 heterocycles. The smallest absolute Gasteiger partial charge is 0.305 e. The number of amides is 15. The number of carboxylic acids is 1. The van der Waals surface area contributed by atoms with Crippen molar-refractivity contribution < 1.29 is 112 Å². The van der Waals surface area contributed by atoms with Gasteiger partial charge < -0.3 is 132 Å². The van der Waals surface area contributed by atoms with Crippen molar-refractivity contribution in [3.63, 3.8) is 0 Å². The number of aromatic amines is 1. The predicted molar refractivity (Wildman–Crippen MR) is 533 cm³/mol. The van der Waals surface area contributed by atoms with Gasteiger partial charge in [-0.3, -0.25) is 82.1 Å². The Kier molecular flexibility index (Phi) is 49.6. The number of fused-ring (bicyclic) bond motifs is 1.